The van der Waals surface area contributed by atoms with E-state index in [1.807, 2.05) is 0 Å². The smallest absolute Gasteiger partial charge is 0.240 e. The summed E-state index contributed by atoms with van der Waals surface area (Å²) < 4.78 is 212. The topological polar surface area (TPSA) is 52.6 Å². The lowest BCUT2D eigenvalue weighted by Gasteiger charge is -2.33. The lowest BCUT2D eigenvalue weighted by atomic mass is 10.00. The number of carbonyl (C=O) groups excluding carboxylic acids is 2. The van der Waals surface area contributed by atoms with Gasteiger partial charge in [-0.25, -0.2) is 28.1 Å². The van der Waals surface area contributed by atoms with Gasteiger partial charge in [0.2, 0.25) is 0 Å². The highest BCUT2D eigenvalue weighted by atomic mass is 35.5. The molecule has 0 saturated heterocycles. The molecular formula is C20H20Cl2F16O4. The van der Waals surface area contributed by atoms with Gasteiger partial charge in [0, 0.05) is 25.7 Å². The first-order valence-corrected chi connectivity index (χ1v) is 12.1. The summed E-state index contributed by atoms with van der Waals surface area (Å²) in [7, 11) is 0. The molecule has 0 aliphatic heterocycles. The van der Waals surface area contributed by atoms with Crippen LogP contribution in [0.3, 0.4) is 0 Å². The molecule has 250 valence electrons. The van der Waals surface area contributed by atoms with E-state index in [0.717, 1.165) is 0 Å². The molecule has 0 aliphatic carbocycles. The van der Waals surface area contributed by atoms with Crippen LogP contribution in [-0.4, -0.2) is 58.2 Å². The molecule has 2 atom stereocenters. The van der Waals surface area contributed by atoms with E-state index in [0.29, 0.717) is 0 Å². The minimum atomic E-state index is -6.49. The van der Waals surface area contributed by atoms with E-state index in [4.69, 9.17) is 0 Å². The van der Waals surface area contributed by atoms with Crippen molar-refractivity contribution >= 4 is 35.1 Å². The van der Waals surface area contributed by atoms with Gasteiger partial charge in [0.25, 0.3) is 10.3 Å². The Morgan fingerprint density at radius 2 is 0.667 bits per heavy atom. The molecule has 0 saturated carbocycles. The fraction of sp³-hybridized carbons (Fsp3) is 0.900. The van der Waals surface area contributed by atoms with Crippen molar-refractivity contribution in [3.05, 3.63) is 0 Å². The van der Waals surface area contributed by atoms with E-state index in [-0.39, 0.29) is 0 Å². The van der Waals surface area contributed by atoms with E-state index in [1.165, 1.54) is 0 Å². The maximum Gasteiger partial charge on any atom is 0.431 e. The van der Waals surface area contributed by atoms with Gasteiger partial charge in [-0.2, -0.15) is 61.5 Å². The Bertz CT molecular complexity index is 831. The zero-order valence-electron chi connectivity index (χ0n) is 20.5. The zero-order valence-corrected chi connectivity index (χ0v) is 22.0. The van der Waals surface area contributed by atoms with Crippen molar-refractivity contribution in [3.63, 3.8) is 0 Å². The molecule has 0 bridgehead atoms. The summed E-state index contributed by atoms with van der Waals surface area (Å²) >= 11 is 9.38. The number of halogens is 18. The average Bonchev–Trinajstić information content (AvgIpc) is 2.79. The van der Waals surface area contributed by atoms with Gasteiger partial charge < -0.3 is 0 Å². The number of hydrogen-bond donors (Lipinski definition) is 0. The second-order valence-electron chi connectivity index (χ2n) is 8.80. The first-order chi connectivity index (χ1) is 18.5. The summed E-state index contributed by atoms with van der Waals surface area (Å²) in [4.78, 5) is 28.0. The molecular weight excluding hydrogens is 679 g/mol. The fourth-order valence-electron chi connectivity index (χ4n) is 2.91. The summed E-state index contributed by atoms with van der Waals surface area (Å²) in [6.45, 7) is 0. The lowest BCUT2D eigenvalue weighted by molar-refractivity contribution is -0.323. The van der Waals surface area contributed by atoms with Crippen molar-refractivity contribution < 1.29 is 89.6 Å². The number of hydrogen-bond acceptors (Lipinski definition) is 4. The summed E-state index contributed by atoms with van der Waals surface area (Å²) in [5, 5.41) is -9.80. The molecule has 4 nitrogen and oxygen atoms in total. The van der Waals surface area contributed by atoms with Crippen LogP contribution in [0.1, 0.15) is 64.2 Å². The molecule has 0 aromatic heterocycles. The van der Waals surface area contributed by atoms with Crippen LogP contribution in [0.4, 0.5) is 70.2 Å². The number of alkyl halides is 18. The molecule has 0 spiro atoms. The van der Waals surface area contributed by atoms with Crippen LogP contribution in [0.2, 0.25) is 0 Å². The molecule has 0 aliphatic rings. The maximum absolute atomic E-state index is 14.1. The standard InChI is InChI=1S/C20H20Cl2F16O4/c21-13(23,7-3-1-5-9-15(25,26)27)19(35,36)17(31,32)11(39)41-42-12(40)18(33,34)20(37,38)14(22,24)8-4-2-6-10-16(28,29)30/h1-10H2. The van der Waals surface area contributed by atoms with Gasteiger partial charge >= 0.3 is 48.0 Å². The number of unbranched alkanes of at least 4 members (excludes halogenated alkanes) is 4. The molecule has 0 fully saturated rings. The van der Waals surface area contributed by atoms with Crippen LogP contribution in [0.15, 0.2) is 0 Å². The molecule has 0 amide bonds. The van der Waals surface area contributed by atoms with E-state index < -0.39 is 122 Å². The van der Waals surface area contributed by atoms with Gasteiger partial charge in [-0.1, -0.05) is 36.0 Å². The highest BCUT2D eigenvalue weighted by Crippen LogP contribution is 2.51. The van der Waals surface area contributed by atoms with Crippen molar-refractivity contribution in [2.75, 3.05) is 0 Å². The Morgan fingerprint density at radius 3 is 0.905 bits per heavy atom. The Kier molecular flexibility index (Phi) is 13.5. The molecule has 22 heteroatoms. The van der Waals surface area contributed by atoms with Gasteiger partial charge in [-0.3, -0.25) is 0 Å². The highest BCUT2D eigenvalue weighted by Gasteiger charge is 2.76. The second kappa shape index (κ2) is 14.0. The first kappa shape index (κ1) is 40.4. The predicted octanol–water partition coefficient (Wildman–Crippen LogP) is 9.36. The van der Waals surface area contributed by atoms with E-state index in [9.17, 15) is 79.8 Å². The minimum absolute atomic E-state index is 0.672. The monoisotopic (exact) mass is 698 g/mol. The normalized spacial score (nSPS) is 16.9. The minimum Gasteiger partial charge on any atom is -0.240 e. The SMILES string of the molecule is O=C(OOC(=O)C(F)(F)C(F)(F)C(F)(Cl)CCCCCC(F)(F)F)C(F)(F)C(F)(F)C(F)(Cl)CCCCCC(F)(F)F. The summed E-state index contributed by atoms with van der Waals surface area (Å²) in [6.07, 6.45) is -20.7. The number of rotatable bonds is 16. The summed E-state index contributed by atoms with van der Waals surface area (Å²) in [5.41, 5.74) is 0. The van der Waals surface area contributed by atoms with Gasteiger partial charge in [-0.05, 0) is 25.7 Å². The van der Waals surface area contributed by atoms with Crippen LogP contribution < -0.4 is 0 Å². The quantitative estimate of drug-likeness (QED) is 0.0530. The molecule has 2 unspecified atom stereocenters. The Labute approximate surface area is 235 Å². The molecule has 0 heterocycles. The van der Waals surface area contributed by atoms with E-state index >= 15 is 0 Å². The lowest BCUT2D eigenvalue weighted by Crippen LogP contribution is -2.59. The Hall–Kier alpha value is -1.60. The third-order valence-corrected chi connectivity index (χ3v) is 6.17. The largest absolute Gasteiger partial charge is 0.431 e. The van der Waals surface area contributed by atoms with Crippen LogP contribution >= 0.6 is 23.2 Å². The van der Waals surface area contributed by atoms with Crippen molar-refractivity contribution in [2.24, 2.45) is 0 Å². The third kappa shape index (κ3) is 10.5. The van der Waals surface area contributed by atoms with Gasteiger partial charge in [0.15, 0.2) is 0 Å². The molecule has 0 rings (SSSR count). The van der Waals surface area contributed by atoms with Crippen molar-refractivity contribution in [1.82, 2.24) is 0 Å². The fourth-order valence-corrected chi connectivity index (χ4v) is 3.41. The highest BCUT2D eigenvalue weighted by molar-refractivity contribution is 6.24. The van der Waals surface area contributed by atoms with Crippen molar-refractivity contribution in [2.45, 2.75) is 111 Å². The Morgan fingerprint density at radius 1 is 0.429 bits per heavy atom. The van der Waals surface area contributed by atoms with E-state index in [1.54, 1.807) is 0 Å². The second-order valence-corrected chi connectivity index (χ2v) is 10.00. The third-order valence-electron chi connectivity index (χ3n) is 5.32. The average molecular weight is 699 g/mol. The van der Waals surface area contributed by atoms with Crippen LogP contribution in [-0.2, 0) is 19.4 Å². The number of carbonyl (C=O) groups is 2. The Balaban J connectivity index is 5.33. The molecule has 42 heavy (non-hydrogen) atoms. The van der Waals surface area contributed by atoms with Crippen molar-refractivity contribution in [1.29, 1.82) is 0 Å². The van der Waals surface area contributed by atoms with Gasteiger partial charge in [0.05, 0.1) is 0 Å². The zero-order chi connectivity index (χ0) is 33.6. The predicted molar refractivity (Wildman–Crippen MR) is 110 cm³/mol. The summed E-state index contributed by atoms with van der Waals surface area (Å²) in [5.74, 6) is -33.3. The van der Waals surface area contributed by atoms with Crippen LogP contribution in [0.5, 0.6) is 0 Å². The molecule has 0 aromatic rings. The molecule has 0 radical (unpaired) electrons. The van der Waals surface area contributed by atoms with Gasteiger partial charge in [0.1, 0.15) is 0 Å². The molecule has 0 aromatic carbocycles. The molecule has 0 N–H and O–H groups in total. The maximum atomic E-state index is 14.1. The van der Waals surface area contributed by atoms with Crippen LogP contribution in [0, 0.1) is 0 Å². The first-order valence-electron chi connectivity index (χ1n) is 11.3. The van der Waals surface area contributed by atoms with Crippen LogP contribution in [0.25, 0.3) is 0 Å². The van der Waals surface area contributed by atoms with Crippen molar-refractivity contribution in [3.8, 4) is 0 Å². The van der Waals surface area contributed by atoms with E-state index in [2.05, 4.69) is 33.0 Å². The summed E-state index contributed by atoms with van der Waals surface area (Å²) in [6, 6.07) is 0. The van der Waals surface area contributed by atoms with Gasteiger partial charge in [-0.15, -0.1) is 0 Å².